The number of aryl methyl sites for hydroxylation is 1. The molecule has 5 heteroatoms. The largest absolute Gasteiger partial charge is 0.503 e. The third-order valence-electron chi connectivity index (χ3n) is 2.02. The Bertz CT molecular complexity index is 349. The van der Waals surface area contributed by atoms with E-state index in [1.165, 1.54) is 6.07 Å². The monoisotopic (exact) mass is 218 g/mol. The minimum absolute atomic E-state index is 0. The second-order valence-electron chi connectivity index (χ2n) is 2.95. The molecular formula is C9H15ClN2O2. The molecule has 0 aliphatic heterocycles. The Morgan fingerprint density at radius 3 is 2.79 bits per heavy atom. The van der Waals surface area contributed by atoms with Gasteiger partial charge in [0.2, 0.25) is 5.43 Å². The average molecular weight is 219 g/mol. The number of nitrogens with two attached hydrogens (primary N) is 1. The van der Waals surface area contributed by atoms with Crippen LogP contribution in [-0.2, 0) is 6.54 Å². The quantitative estimate of drug-likeness (QED) is 0.782. The predicted molar refractivity (Wildman–Crippen MR) is 58.0 cm³/mol. The van der Waals surface area contributed by atoms with E-state index in [-0.39, 0.29) is 23.6 Å². The first-order valence-corrected chi connectivity index (χ1v) is 4.26. The van der Waals surface area contributed by atoms with Crippen LogP contribution in [0.25, 0.3) is 0 Å². The van der Waals surface area contributed by atoms with Crippen LogP contribution in [0.4, 0.5) is 0 Å². The summed E-state index contributed by atoms with van der Waals surface area (Å²) in [5.74, 6) is -0.167. The molecule has 0 atom stereocenters. The Balaban J connectivity index is 0.00000169. The van der Waals surface area contributed by atoms with Gasteiger partial charge in [0.15, 0.2) is 5.75 Å². The molecule has 1 aromatic heterocycles. The number of hydrogen-bond acceptors (Lipinski definition) is 3. The van der Waals surface area contributed by atoms with Gasteiger partial charge in [-0.15, -0.1) is 12.4 Å². The Morgan fingerprint density at radius 1 is 1.57 bits per heavy atom. The van der Waals surface area contributed by atoms with Crippen LogP contribution in [-0.4, -0.2) is 16.2 Å². The van der Waals surface area contributed by atoms with Crippen molar-refractivity contribution in [2.75, 3.05) is 6.54 Å². The zero-order valence-electron chi connectivity index (χ0n) is 8.06. The zero-order valence-corrected chi connectivity index (χ0v) is 8.88. The Hall–Kier alpha value is -1.00. The molecule has 0 bridgehead atoms. The summed E-state index contributed by atoms with van der Waals surface area (Å²) in [5, 5.41) is 9.32. The maximum atomic E-state index is 11.0. The maximum Gasteiger partial charge on any atom is 0.223 e. The van der Waals surface area contributed by atoms with E-state index in [1.807, 2.05) is 4.57 Å². The smallest absolute Gasteiger partial charge is 0.223 e. The van der Waals surface area contributed by atoms with Gasteiger partial charge in [0.1, 0.15) is 0 Å². The van der Waals surface area contributed by atoms with E-state index < -0.39 is 0 Å². The molecule has 0 saturated heterocycles. The van der Waals surface area contributed by atoms with Gasteiger partial charge in [-0.05, 0) is 19.9 Å². The molecular weight excluding hydrogens is 204 g/mol. The molecule has 4 nitrogen and oxygen atoms in total. The van der Waals surface area contributed by atoms with Gasteiger partial charge >= 0.3 is 0 Å². The van der Waals surface area contributed by atoms with Crippen LogP contribution in [0.1, 0.15) is 12.1 Å². The highest BCUT2D eigenvalue weighted by Crippen LogP contribution is 2.09. The van der Waals surface area contributed by atoms with Gasteiger partial charge in [-0.2, -0.15) is 0 Å². The molecule has 0 spiro atoms. The van der Waals surface area contributed by atoms with Gasteiger partial charge in [-0.3, -0.25) is 4.79 Å². The number of rotatable bonds is 3. The van der Waals surface area contributed by atoms with E-state index in [2.05, 4.69) is 0 Å². The number of aromatic nitrogens is 1. The summed E-state index contributed by atoms with van der Waals surface area (Å²) in [5.41, 5.74) is 5.62. The molecule has 0 unspecified atom stereocenters. The third-order valence-corrected chi connectivity index (χ3v) is 2.02. The maximum absolute atomic E-state index is 11.0. The van der Waals surface area contributed by atoms with Crippen LogP contribution < -0.4 is 11.2 Å². The average Bonchev–Trinajstić information content (AvgIpc) is 2.13. The van der Waals surface area contributed by atoms with Crippen LogP contribution in [0.3, 0.4) is 0 Å². The first-order valence-electron chi connectivity index (χ1n) is 4.26. The Morgan fingerprint density at radius 2 is 2.21 bits per heavy atom. The molecule has 1 rings (SSSR count). The first-order chi connectivity index (χ1) is 6.16. The van der Waals surface area contributed by atoms with Gasteiger partial charge in [0.05, 0.1) is 5.69 Å². The van der Waals surface area contributed by atoms with Crippen LogP contribution >= 0.6 is 12.4 Å². The minimum atomic E-state index is -0.332. The second kappa shape index (κ2) is 5.67. The lowest BCUT2D eigenvalue weighted by Crippen LogP contribution is -2.12. The molecule has 1 heterocycles. The van der Waals surface area contributed by atoms with Crippen molar-refractivity contribution in [3.8, 4) is 5.75 Å². The van der Waals surface area contributed by atoms with Gasteiger partial charge in [-0.25, -0.2) is 0 Å². The van der Waals surface area contributed by atoms with Gasteiger partial charge in [-0.1, -0.05) is 0 Å². The second-order valence-corrected chi connectivity index (χ2v) is 2.95. The summed E-state index contributed by atoms with van der Waals surface area (Å²) in [7, 11) is 0. The van der Waals surface area contributed by atoms with Crippen LogP contribution in [0.2, 0.25) is 0 Å². The van der Waals surface area contributed by atoms with Gasteiger partial charge in [0.25, 0.3) is 0 Å². The molecule has 14 heavy (non-hydrogen) atoms. The van der Waals surface area contributed by atoms with Crippen LogP contribution in [0.5, 0.6) is 5.75 Å². The summed E-state index contributed by atoms with van der Waals surface area (Å²) >= 11 is 0. The van der Waals surface area contributed by atoms with E-state index >= 15 is 0 Å². The van der Waals surface area contributed by atoms with Crippen molar-refractivity contribution in [1.29, 1.82) is 0 Å². The lowest BCUT2D eigenvalue weighted by molar-refractivity contribution is 0.451. The Kier molecular flexibility index (Phi) is 5.27. The summed E-state index contributed by atoms with van der Waals surface area (Å²) < 4.78 is 1.82. The van der Waals surface area contributed by atoms with E-state index in [1.54, 1.807) is 13.1 Å². The normalized spacial score (nSPS) is 9.57. The summed E-state index contributed by atoms with van der Waals surface area (Å²) in [6, 6.07) is 1.36. The zero-order chi connectivity index (χ0) is 9.84. The fourth-order valence-corrected chi connectivity index (χ4v) is 1.17. The van der Waals surface area contributed by atoms with Crippen molar-refractivity contribution in [3.63, 3.8) is 0 Å². The SMILES string of the molecule is Cc1c(O)c(=O)ccn1CCCN.Cl. The lowest BCUT2D eigenvalue weighted by atomic mass is 10.3. The van der Waals surface area contributed by atoms with Crippen molar-refractivity contribution in [2.24, 2.45) is 5.73 Å². The summed E-state index contributed by atoms with van der Waals surface area (Å²) in [6.45, 7) is 3.05. The number of halogens is 1. The topological polar surface area (TPSA) is 68.2 Å². The molecule has 0 aliphatic rings. The first kappa shape index (κ1) is 13.0. The molecule has 0 radical (unpaired) electrons. The molecule has 0 aliphatic carbocycles. The van der Waals surface area contributed by atoms with Gasteiger partial charge in [0, 0.05) is 18.8 Å². The van der Waals surface area contributed by atoms with Crippen molar-refractivity contribution in [1.82, 2.24) is 4.57 Å². The standard InChI is InChI=1S/C9H14N2O2.ClH/c1-7-9(13)8(12)3-6-11(7)5-2-4-10;/h3,6,13H,2,4-5,10H2,1H3;1H. The minimum Gasteiger partial charge on any atom is -0.503 e. The number of aromatic hydroxyl groups is 1. The lowest BCUT2D eigenvalue weighted by Gasteiger charge is -2.10. The van der Waals surface area contributed by atoms with E-state index in [9.17, 15) is 9.90 Å². The predicted octanol–water partition coefficient (Wildman–Crippen LogP) is 0.633. The fraction of sp³-hybridized carbons (Fsp3) is 0.444. The molecule has 0 aromatic carbocycles. The van der Waals surface area contributed by atoms with Gasteiger partial charge < -0.3 is 15.4 Å². The fourth-order valence-electron chi connectivity index (χ4n) is 1.17. The van der Waals surface area contributed by atoms with E-state index in [0.29, 0.717) is 12.2 Å². The third kappa shape index (κ3) is 2.75. The van der Waals surface area contributed by atoms with E-state index in [4.69, 9.17) is 5.73 Å². The Labute approximate surface area is 88.8 Å². The van der Waals surface area contributed by atoms with Crippen molar-refractivity contribution < 1.29 is 5.11 Å². The summed E-state index contributed by atoms with van der Waals surface area (Å²) in [4.78, 5) is 11.0. The number of pyridine rings is 1. The van der Waals surface area contributed by atoms with Crippen molar-refractivity contribution in [2.45, 2.75) is 19.9 Å². The molecule has 0 fully saturated rings. The van der Waals surface area contributed by atoms with E-state index in [0.717, 1.165) is 13.0 Å². The highest BCUT2D eigenvalue weighted by atomic mass is 35.5. The highest BCUT2D eigenvalue weighted by molar-refractivity contribution is 5.85. The molecule has 80 valence electrons. The van der Waals surface area contributed by atoms with Crippen LogP contribution in [0, 0.1) is 6.92 Å². The van der Waals surface area contributed by atoms with Crippen molar-refractivity contribution in [3.05, 3.63) is 28.2 Å². The van der Waals surface area contributed by atoms with Crippen LogP contribution in [0.15, 0.2) is 17.1 Å². The molecule has 1 aromatic rings. The molecule has 3 N–H and O–H groups in total. The summed E-state index contributed by atoms with van der Waals surface area (Å²) in [6.07, 6.45) is 2.51. The number of hydrogen-bond donors (Lipinski definition) is 2. The number of nitrogens with zero attached hydrogens (tertiary/aromatic N) is 1. The molecule has 0 amide bonds. The molecule has 0 saturated carbocycles. The highest BCUT2D eigenvalue weighted by Gasteiger charge is 2.03. The van der Waals surface area contributed by atoms with Crippen molar-refractivity contribution >= 4 is 12.4 Å².